The van der Waals surface area contributed by atoms with Gasteiger partial charge in [0, 0.05) is 17.8 Å². The van der Waals surface area contributed by atoms with Crippen LogP contribution in [0.1, 0.15) is 25.7 Å². The van der Waals surface area contributed by atoms with Gasteiger partial charge in [-0.05, 0) is 57.1 Å². The number of likely N-dealkylation sites (tertiary alicyclic amines) is 1. The van der Waals surface area contributed by atoms with Gasteiger partial charge in [0.2, 0.25) is 5.91 Å². The first-order valence-electron chi connectivity index (χ1n) is 6.62. The van der Waals surface area contributed by atoms with Crippen molar-refractivity contribution in [1.29, 1.82) is 0 Å². The highest BCUT2D eigenvalue weighted by Gasteiger charge is 2.11. The largest absolute Gasteiger partial charge is 0.399 e. The Hall–Kier alpha value is -1.55. The van der Waals surface area contributed by atoms with Crippen molar-refractivity contribution in [2.24, 2.45) is 0 Å². The van der Waals surface area contributed by atoms with Gasteiger partial charge in [-0.25, -0.2) is 0 Å². The number of nitrogen functional groups attached to an aromatic ring is 1. The molecular weight excluding hydrogens is 226 g/mol. The lowest BCUT2D eigenvalue weighted by atomic mass is 10.2. The molecule has 4 nitrogen and oxygen atoms in total. The molecule has 0 bridgehead atoms. The standard InChI is InChI=1S/C14H21N3O/c15-12-5-3-6-13(11-12)16-14(18)7-4-10-17-8-1-2-9-17/h3,5-6,11H,1-2,4,7-10,15H2,(H,16,18). The van der Waals surface area contributed by atoms with Crippen molar-refractivity contribution in [1.82, 2.24) is 4.90 Å². The van der Waals surface area contributed by atoms with Crippen LogP contribution < -0.4 is 11.1 Å². The van der Waals surface area contributed by atoms with Gasteiger partial charge < -0.3 is 16.0 Å². The summed E-state index contributed by atoms with van der Waals surface area (Å²) in [6.07, 6.45) is 4.10. The molecule has 3 N–H and O–H groups in total. The number of hydrogen-bond donors (Lipinski definition) is 2. The van der Waals surface area contributed by atoms with E-state index in [0.29, 0.717) is 12.1 Å². The third-order valence-electron chi connectivity index (χ3n) is 3.25. The summed E-state index contributed by atoms with van der Waals surface area (Å²) in [4.78, 5) is 14.2. The normalized spacial score (nSPS) is 15.8. The molecule has 1 fully saturated rings. The lowest BCUT2D eigenvalue weighted by molar-refractivity contribution is -0.116. The number of anilines is 2. The maximum atomic E-state index is 11.7. The van der Waals surface area contributed by atoms with Crippen LogP contribution in [0.25, 0.3) is 0 Å². The Morgan fingerprint density at radius 1 is 1.33 bits per heavy atom. The van der Waals surface area contributed by atoms with E-state index in [-0.39, 0.29) is 5.91 Å². The van der Waals surface area contributed by atoms with Crippen LogP contribution >= 0.6 is 0 Å². The topological polar surface area (TPSA) is 58.4 Å². The molecule has 2 rings (SSSR count). The van der Waals surface area contributed by atoms with Gasteiger partial charge in [0.25, 0.3) is 0 Å². The molecule has 1 aliphatic heterocycles. The lowest BCUT2D eigenvalue weighted by Crippen LogP contribution is -2.22. The van der Waals surface area contributed by atoms with E-state index < -0.39 is 0 Å². The number of nitrogens with zero attached hydrogens (tertiary/aromatic N) is 1. The third-order valence-corrected chi connectivity index (χ3v) is 3.25. The van der Waals surface area contributed by atoms with E-state index in [1.165, 1.54) is 25.9 Å². The summed E-state index contributed by atoms with van der Waals surface area (Å²) >= 11 is 0. The molecule has 0 aliphatic carbocycles. The Morgan fingerprint density at radius 3 is 2.83 bits per heavy atom. The molecular formula is C14H21N3O. The van der Waals surface area contributed by atoms with E-state index >= 15 is 0 Å². The SMILES string of the molecule is Nc1cccc(NC(=O)CCCN2CCCC2)c1. The van der Waals surface area contributed by atoms with E-state index in [0.717, 1.165) is 18.7 Å². The predicted octanol–water partition coefficient (Wildman–Crippen LogP) is 2.08. The summed E-state index contributed by atoms with van der Waals surface area (Å²) in [6.45, 7) is 3.41. The number of amides is 1. The first-order valence-corrected chi connectivity index (χ1v) is 6.62. The molecule has 1 saturated heterocycles. The van der Waals surface area contributed by atoms with E-state index in [4.69, 9.17) is 5.73 Å². The maximum Gasteiger partial charge on any atom is 0.224 e. The average Bonchev–Trinajstić information content (AvgIpc) is 2.82. The molecule has 0 aromatic heterocycles. The highest BCUT2D eigenvalue weighted by atomic mass is 16.1. The number of rotatable bonds is 5. The molecule has 4 heteroatoms. The van der Waals surface area contributed by atoms with Crippen molar-refractivity contribution in [2.75, 3.05) is 30.7 Å². The van der Waals surface area contributed by atoms with Crippen molar-refractivity contribution in [2.45, 2.75) is 25.7 Å². The maximum absolute atomic E-state index is 11.7. The van der Waals surface area contributed by atoms with Gasteiger partial charge in [-0.3, -0.25) is 4.79 Å². The molecule has 18 heavy (non-hydrogen) atoms. The van der Waals surface area contributed by atoms with Gasteiger partial charge in [0.1, 0.15) is 0 Å². The highest BCUT2D eigenvalue weighted by molar-refractivity contribution is 5.91. The van der Waals surface area contributed by atoms with Gasteiger partial charge in [0.15, 0.2) is 0 Å². The molecule has 0 radical (unpaired) electrons. The molecule has 1 aromatic rings. The van der Waals surface area contributed by atoms with Gasteiger partial charge in [0.05, 0.1) is 0 Å². The summed E-state index contributed by atoms with van der Waals surface area (Å²) in [5.41, 5.74) is 7.11. The monoisotopic (exact) mass is 247 g/mol. The van der Waals surface area contributed by atoms with Crippen LogP contribution in [0, 0.1) is 0 Å². The second kappa shape index (κ2) is 6.40. The molecule has 0 unspecified atom stereocenters. The molecule has 0 saturated carbocycles. The van der Waals surface area contributed by atoms with Crippen LogP contribution in [0.4, 0.5) is 11.4 Å². The summed E-state index contributed by atoms with van der Waals surface area (Å²) in [5.74, 6) is 0.0693. The van der Waals surface area contributed by atoms with Crippen LogP contribution in [0.2, 0.25) is 0 Å². The second-order valence-electron chi connectivity index (χ2n) is 4.83. The summed E-state index contributed by atoms with van der Waals surface area (Å²) in [6, 6.07) is 7.28. The van der Waals surface area contributed by atoms with Crippen LogP contribution in [-0.4, -0.2) is 30.4 Å². The minimum Gasteiger partial charge on any atom is -0.399 e. The van der Waals surface area contributed by atoms with E-state index in [2.05, 4.69) is 10.2 Å². The first kappa shape index (κ1) is 12.9. The van der Waals surface area contributed by atoms with Crippen molar-refractivity contribution >= 4 is 17.3 Å². The van der Waals surface area contributed by atoms with Crippen LogP contribution in [0.3, 0.4) is 0 Å². The number of carbonyl (C=O) groups is 1. The molecule has 0 atom stereocenters. The van der Waals surface area contributed by atoms with Crippen LogP contribution in [0.5, 0.6) is 0 Å². The van der Waals surface area contributed by atoms with Crippen molar-refractivity contribution < 1.29 is 4.79 Å². The Balaban J connectivity index is 1.68. The van der Waals surface area contributed by atoms with Crippen LogP contribution in [0.15, 0.2) is 24.3 Å². The third kappa shape index (κ3) is 4.04. The smallest absolute Gasteiger partial charge is 0.224 e. The fraction of sp³-hybridized carbons (Fsp3) is 0.500. The van der Waals surface area contributed by atoms with E-state index in [1.807, 2.05) is 18.2 Å². The van der Waals surface area contributed by atoms with Gasteiger partial charge in [-0.1, -0.05) is 6.07 Å². The number of carbonyl (C=O) groups excluding carboxylic acids is 1. The van der Waals surface area contributed by atoms with Crippen molar-refractivity contribution in [3.63, 3.8) is 0 Å². The Kier molecular flexibility index (Phi) is 4.59. The van der Waals surface area contributed by atoms with Crippen LogP contribution in [-0.2, 0) is 4.79 Å². The second-order valence-corrected chi connectivity index (χ2v) is 4.83. The quantitative estimate of drug-likeness (QED) is 0.783. The number of nitrogens with two attached hydrogens (primary N) is 1. The Bertz CT molecular complexity index is 400. The lowest BCUT2D eigenvalue weighted by Gasteiger charge is -2.13. The number of hydrogen-bond acceptors (Lipinski definition) is 3. The molecule has 1 aromatic carbocycles. The van der Waals surface area contributed by atoms with E-state index in [9.17, 15) is 4.79 Å². The zero-order valence-corrected chi connectivity index (χ0v) is 10.7. The molecule has 1 heterocycles. The van der Waals surface area contributed by atoms with Gasteiger partial charge in [-0.2, -0.15) is 0 Å². The van der Waals surface area contributed by atoms with Crippen molar-refractivity contribution in [3.05, 3.63) is 24.3 Å². The number of benzene rings is 1. The Morgan fingerprint density at radius 2 is 2.11 bits per heavy atom. The molecule has 1 aliphatic rings. The van der Waals surface area contributed by atoms with Gasteiger partial charge >= 0.3 is 0 Å². The summed E-state index contributed by atoms with van der Waals surface area (Å²) in [7, 11) is 0. The fourth-order valence-corrected chi connectivity index (χ4v) is 2.31. The van der Waals surface area contributed by atoms with Crippen molar-refractivity contribution in [3.8, 4) is 0 Å². The van der Waals surface area contributed by atoms with Gasteiger partial charge in [-0.15, -0.1) is 0 Å². The van der Waals surface area contributed by atoms with E-state index in [1.54, 1.807) is 6.07 Å². The minimum atomic E-state index is 0.0693. The number of nitrogens with one attached hydrogen (secondary N) is 1. The Labute approximate surface area is 108 Å². The highest BCUT2D eigenvalue weighted by Crippen LogP contribution is 2.13. The first-order chi connectivity index (χ1) is 8.74. The summed E-state index contributed by atoms with van der Waals surface area (Å²) in [5, 5.41) is 2.87. The zero-order chi connectivity index (χ0) is 12.8. The average molecular weight is 247 g/mol. The zero-order valence-electron chi connectivity index (χ0n) is 10.7. The predicted molar refractivity (Wildman–Crippen MR) is 74.4 cm³/mol. The fourth-order valence-electron chi connectivity index (χ4n) is 2.31. The molecule has 98 valence electrons. The molecule has 1 amide bonds. The molecule has 0 spiro atoms. The minimum absolute atomic E-state index is 0.0693. The summed E-state index contributed by atoms with van der Waals surface area (Å²) < 4.78 is 0.